The van der Waals surface area contributed by atoms with E-state index in [1.807, 2.05) is 0 Å². The van der Waals surface area contributed by atoms with Crippen LogP contribution in [0.25, 0.3) is 0 Å². The van der Waals surface area contributed by atoms with E-state index in [-0.39, 0.29) is 0 Å². The van der Waals surface area contributed by atoms with Crippen LogP contribution in [-0.4, -0.2) is 22.3 Å². The highest BCUT2D eigenvalue weighted by Crippen LogP contribution is 2.22. The van der Waals surface area contributed by atoms with Crippen molar-refractivity contribution < 1.29 is 0 Å². The Morgan fingerprint density at radius 1 is 1.33 bits per heavy atom. The molecule has 0 bridgehead atoms. The van der Waals surface area contributed by atoms with Crippen LogP contribution in [0.4, 0.5) is 0 Å². The van der Waals surface area contributed by atoms with Crippen molar-refractivity contribution in [3.8, 4) is 0 Å². The van der Waals surface area contributed by atoms with Gasteiger partial charge in [0, 0.05) is 24.0 Å². The van der Waals surface area contributed by atoms with Crippen LogP contribution in [0.2, 0.25) is 0 Å². The van der Waals surface area contributed by atoms with Gasteiger partial charge in [0.2, 0.25) is 0 Å². The summed E-state index contributed by atoms with van der Waals surface area (Å²) < 4.78 is 0. The van der Waals surface area contributed by atoms with Crippen LogP contribution in [0.1, 0.15) is 18.9 Å². The molecule has 0 amide bonds. The molecule has 2 unspecified atom stereocenters. The summed E-state index contributed by atoms with van der Waals surface area (Å²) in [5.74, 6) is 0. The number of rotatable bonds is 2. The molecular formula is C13H17BrN. The Kier molecular flexibility index (Phi) is 3.81. The van der Waals surface area contributed by atoms with E-state index in [1.165, 1.54) is 12.0 Å². The van der Waals surface area contributed by atoms with Crippen molar-refractivity contribution in [3.63, 3.8) is 0 Å². The number of benzene rings is 1. The fourth-order valence-corrected chi connectivity index (χ4v) is 2.60. The molecular weight excluding hydrogens is 250 g/mol. The SMILES string of the molecule is CC1C[CH]C(Br)CN1Cc1ccccc1. The molecule has 1 saturated heterocycles. The highest BCUT2D eigenvalue weighted by Gasteiger charge is 2.23. The van der Waals surface area contributed by atoms with Crippen LogP contribution in [0, 0.1) is 6.42 Å². The Bertz CT molecular complexity index is 299. The number of likely N-dealkylation sites (tertiary alicyclic amines) is 1. The molecule has 1 fully saturated rings. The summed E-state index contributed by atoms with van der Waals surface area (Å²) in [6, 6.07) is 11.4. The van der Waals surface area contributed by atoms with Gasteiger partial charge in [-0.15, -0.1) is 0 Å². The first-order valence-electron chi connectivity index (χ1n) is 5.51. The van der Waals surface area contributed by atoms with Crippen molar-refractivity contribution >= 4 is 15.9 Å². The van der Waals surface area contributed by atoms with Gasteiger partial charge in [-0.2, -0.15) is 0 Å². The molecule has 1 aliphatic rings. The van der Waals surface area contributed by atoms with Crippen molar-refractivity contribution in [1.82, 2.24) is 4.90 Å². The standard InChI is InChI=1S/C13H17BrN/c1-11-7-8-13(14)10-15(11)9-12-5-3-2-4-6-12/h2-6,8,11,13H,7,9-10H2,1H3. The average Bonchev–Trinajstić information content (AvgIpc) is 2.25. The fourth-order valence-electron chi connectivity index (χ4n) is 2.01. The molecule has 0 aromatic heterocycles. The summed E-state index contributed by atoms with van der Waals surface area (Å²) in [5, 5.41) is 0. The van der Waals surface area contributed by atoms with E-state index >= 15 is 0 Å². The Morgan fingerprint density at radius 2 is 2.07 bits per heavy atom. The van der Waals surface area contributed by atoms with Gasteiger partial charge in [0.1, 0.15) is 0 Å². The Labute approximate surface area is 101 Å². The van der Waals surface area contributed by atoms with Gasteiger partial charge >= 0.3 is 0 Å². The molecule has 2 rings (SSSR count). The van der Waals surface area contributed by atoms with Crippen LogP contribution in [0.5, 0.6) is 0 Å². The molecule has 2 heteroatoms. The summed E-state index contributed by atoms with van der Waals surface area (Å²) >= 11 is 3.67. The molecule has 1 aromatic carbocycles. The Hall–Kier alpha value is -0.340. The molecule has 1 aromatic rings. The van der Waals surface area contributed by atoms with E-state index in [1.54, 1.807) is 0 Å². The third-order valence-electron chi connectivity index (χ3n) is 2.99. The van der Waals surface area contributed by atoms with Gasteiger partial charge in [-0.3, -0.25) is 4.90 Å². The van der Waals surface area contributed by atoms with Gasteiger partial charge < -0.3 is 0 Å². The van der Waals surface area contributed by atoms with Crippen molar-refractivity contribution in [3.05, 3.63) is 42.3 Å². The van der Waals surface area contributed by atoms with E-state index in [0.29, 0.717) is 10.9 Å². The monoisotopic (exact) mass is 266 g/mol. The number of halogens is 1. The van der Waals surface area contributed by atoms with E-state index in [0.717, 1.165) is 13.1 Å². The van der Waals surface area contributed by atoms with Crippen LogP contribution < -0.4 is 0 Å². The largest absolute Gasteiger partial charge is 0.295 e. The quantitative estimate of drug-likeness (QED) is 0.743. The average molecular weight is 267 g/mol. The van der Waals surface area contributed by atoms with Gasteiger partial charge in [-0.05, 0) is 25.3 Å². The zero-order valence-electron chi connectivity index (χ0n) is 9.07. The van der Waals surface area contributed by atoms with Gasteiger partial charge in [0.15, 0.2) is 0 Å². The van der Waals surface area contributed by atoms with Gasteiger partial charge in [-0.25, -0.2) is 0 Å². The molecule has 1 nitrogen and oxygen atoms in total. The molecule has 0 spiro atoms. The molecule has 0 aliphatic carbocycles. The zero-order chi connectivity index (χ0) is 10.7. The normalized spacial score (nSPS) is 27.9. The summed E-state index contributed by atoms with van der Waals surface area (Å²) in [5.41, 5.74) is 1.41. The van der Waals surface area contributed by atoms with Crippen molar-refractivity contribution in [2.45, 2.75) is 30.8 Å². The highest BCUT2D eigenvalue weighted by atomic mass is 79.9. The minimum atomic E-state index is 0.553. The summed E-state index contributed by atoms with van der Waals surface area (Å²) in [4.78, 5) is 3.09. The van der Waals surface area contributed by atoms with E-state index < -0.39 is 0 Å². The smallest absolute Gasteiger partial charge is 0.0305 e. The van der Waals surface area contributed by atoms with Crippen LogP contribution >= 0.6 is 15.9 Å². The lowest BCUT2D eigenvalue weighted by molar-refractivity contribution is 0.180. The summed E-state index contributed by atoms with van der Waals surface area (Å²) in [7, 11) is 0. The third kappa shape index (κ3) is 3.05. The lowest BCUT2D eigenvalue weighted by Gasteiger charge is -2.35. The maximum absolute atomic E-state index is 3.67. The molecule has 1 heterocycles. The Morgan fingerprint density at radius 3 is 2.80 bits per heavy atom. The molecule has 1 aliphatic heterocycles. The Balaban J connectivity index is 1.98. The minimum Gasteiger partial charge on any atom is -0.295 e. The molecule has 1 radical (unpaired) electrons. The number of alkyl halides is 1. The van der Waals surface area contributed by atoms with Crippen LogP contribution in [0.3, 0.4) is 0 Å². The van der Waals surface area contributed by atoms with Crippen LogP contribution in [-0.2, 0) is 6.54 Å². The number of hydrogen-bond donors (Lipinski definition) is 0. The van der Waals surface area contributed by atoms with Crippen molar-refractivity contribution in [2.24, 2.45) is 0 Å². The van der Waals surface area contributed by atoms with Gasteiger partial charge in [0.25, 0.3) is 0 Å². The van der Waals surface area contributed by atoms with Crippen molar-refractivity contribution in [1.29, 1.82) is 0 Å². The fraction of sp³-hybridized carbons (Fsp3) is 0.462. The number of piperidine rings is 1. The van der Waals surface area contributed by atoms with Gasteiger partial charge in [0.05, 0.1) is 0 Å². The van der Waals surface area contributed by atoms with E-state index in [4.69, 9.17) is 0 Å². The molecule has 15 heavy (non-hydrogen) atoms. The highest BCUT2D eigenvalue weighted by molar-refractivity contribution is 9.09. The first-order valence-corrected chi connectivity index (χ1v) is 6.42. The minimum absolute atomic E-state index is 0.553. The lowest BCUT2D eigenvalue weighted by Crippen LogP contribution is -2.41. The first kappa shape index (κ1) is 11.2. The second-order valence-electron chi connectivity index (χ2n) is 4.25. The predicted molar refractivity (Wildman–Crippen MR) is 67.9 cm³/mol. The lowest BCUT2D eigenvalue weighted by atomic mass is 10.0. The maximum Gasteiger partial charge on any atom is 0.0305 e. The molecule has 2 atom stereocenters. The zero-order valence-corrected chi connectivity index (χ0v) is 10.7. The molecule has 0 N–H and O–H groups in total. The van der Waals surface area contributed by atoms with Gasteiger partial charge in [-0.1, -0.05) is 46.3 Å². The van der Waals surface area contributed by atoms with E-state index in [2.05, 4.69) is 64.5 Å². The predicted octanol–water partition coefficient (Wildman–Crippen LogP) is 3.25. The maximum atomic E-state index is 3.67. The third-order valence-corrected chi connectivity index (χ3v) is 3.66. The number of nitrogens with zero attached hydrogens (tertiary/aromatic N) is 1. The molecule has 0 saturated carbocycles. The second kappa shape index (κ2) is 5.13. The topological polar surface area (TPSA) is 3.24 Å². The second-order valence-corrected chi connectivity index (χ2v) is 5.43. The number of hydrogen-bond acceptors (Lipinski definition) is 1. The first-order chi connectivity index (χ1) is 7.25. The van der Waals surface area contributed by atoms with E-state index in [9.17, 15) is 0 Å². The summed E-state index contributed by atoms with van der Waals surface area (Å²) in [6.07, 6.45) is 3.55. The summed E-state index contributed by atoms with van der Waals surface area (Å²) in [6.45, 7) is 4.49. The van der Waals surface area contributed by atoms with Crippen LogP contribution in [0.15, 0.2) is 30.3 Å². The molecule has 81 valence electrons. The van der Waals surface area contributed by atoms with Crippen molar-refractivity contribution in [2.75, 3.05) is 6.54 Å².